The van der Waals surface area contributed by atoms with Crippen molar-refractivity contribution >= 4 is 0 Å². The summed E-state index contributed by atoms with van der Waals surface area (Å²) in [6.07, 6.45) is 0. The third kappa shape index (κ3) is 1.60. The minimum atomic E-state index is -0.298. The average molecular weight is 211 g/mol. The lowest BCUT2D eigenvalue weighted by Crippen LogP contribution is -2.56. The summed E-state index contributed by atoms with van der Waals surface area (Å²) < 4.78 is 23.6. The predicted octanol–water partition coefficient (Wildman–Crippen LogP) is 1.28. The summed E-state index contributed by atoms with van der Waals surface area (Å²) in [5.41, 5.74) is 0.520. The van der Waals surface area contributed by atoms with Gasteiger partial charge in [0.25, 0.3) is 0 Å². The lowest BCUT2D eigenvalue weighted by molar-refractivity contribution is -0.0757. The van der Waals surface area contributed by atoms with Crippen LogP contribution in [0.1, 0.15) is 5.56 Å². The quantitative estimate of drug-likeness (QED) is 0.817. The Labute approximate surface area is 88.2 Å². The van der Waals surface area contributed by atoms with E-state index in [4.69, 9.17) is 9.47 Å². The molecule has 1 N–H and O–H groups in total. The Morgan fingerprint density at radius 3 is 2.67 bits per heavy atom. The first kappa shape index (κ1) is 10.4. The molecule has 0 bridgehead atoms. The van der Waals surface area contributed by atoms with Gasteiger partial charge >= 0.3 is 0 Å². The minimum absolute atomic E-state index is 0.257. The molecule has 1 heterocycles. The van der Waals surface area contributed by atoms with Crippen LogP contribution in [0, 0.1) is 5.82 Å². The monoisotopic (exact) mass is 211 g/mol. The molecule has 15 heavy (non-hydrogen) atoms. The van der Waals surface area contributed by atoms with Crippen molar-refractivity contribution in [2.75, 3.05) is 27.4 Å². The molecule has 1 aliphatic rings. The van der Waals surface area contributed by atoms with Crippen molar-refractivity contribution in [3.63, 3.8) is 0 Å². The average Bonchev–Trinajstić information content (AvgIpc) is 2.17. The number of nitrogens with one attached hydrogen (secondary N) is 1. The van der Waals surface area contributed by atoms with Crippen molar-refractivity contribution in [2.45, 2.75) is 5.54 Å². The van der Waals surface area contributed by atoms with Crippen molar-refractivity contribution in [3.05, 3.63) is 29.6 Å². The van der Waals surface area contributed by atoms with Crippen molar-refractivity contribution in [1.29, 1.82) is 0 Å². The smallest absolute Gasteiger partial charge is 0.124 e. The fourth-order valence-electron chi connectivity index (χ4n) is 1.79. The van der Waals surface area contributed by atoms with Crippen LogP contribution in [0.15, 0.2) is 18.2 Å². The van der Waals surface area contributed by atoms with Crippen LogP contribution in [0.5, 0.6) is 5.75 Å². The van der Waals surface area contributed by atoms with Crippen LogP contribution in [-0.2, 0) is 10.3 Å². The van der Waals surface area contributed by atoms with Crippen molar-refractivity contribution < 1.29 is 13.9 Å². The molecule has 0 aliphatic carbocycles. The van der Waals surface area contributed by atoms with Gasteiger partial charge in [0.1, 0.15) is 11.6 Å². The Kier molecular flexibility index (Phi) is 2.63. The molecule has 0 amide bonds. The minimum Gasteiger partial charge on any atom is -0.496 e. The first-order valence-electron chi connectivity index (χ1n) is 4.82. The molecule has 3 nitrogen and oxygen atoms in total. The number of hydrogen-bond acceptors (Lipinski definition) is 3. The molecule has 0 unspecified atom stereocenters. The summed E-state index contributed by atoms with van der Waals surface area (Å²) in [5.74, 6) is 0.432. The van der Waals surface area contributed by atoms with E-state index in [1.807, 2.05) is 7.05 Å². The van der Waals surface area contributed by atoms with E-state index in [-0.39, 0.29) is 11.4 Å². The van der Waals surface area contributed by atoms with Gasteiger partial charge in [-0.15, -0.1) is 0 Å². The van der Waals surface area contributed by atoms with Crippen molar-refractivity contribution in [3.8, 4) is 5.75 Å². The van der Waals surface area contributed by atoms with E-state index in [2.05, 4.69) is 5.32 Å². The Hall–Kier alpha value is -1.13. The molecule has 82 valence electrons. The largest absolute Gasteiger partial charge is 0.496 e. The molecule has 0 radical (unpaired) electrons. The first-order valence-corrected chi connectivity index (χ1v) is 4.82. The number of likely N-dealkylation sites (N-methyl/N-ethyl adjacent to an activating group) is 1. The van der Waals surface area contributed by atoms with Crippen LogP contribution in [0.2, 0.25) is 0 Å². The molecule has 1 aromatic carbocycles. The molecule has 1 aliphatic heterocycles. The summed E-state index contributed by atoms with van der Waals surface area (Å²) in [6.45, 7) is 1.09. The zero-order valence-corrected chi connectivity index (χ0v) is 8.84. The summed E-state index contributed by atoms with van der Waals surface area (Å²) >= 11 is 0. The van der Waals surface area contributed by atoms with E-state index in [9.17, 15) is 4.39 Å². The van der Waals surface area contributed by atoms with Crippen LogP contribution in [0.4, 0.5) is 4.39 Å². The van der Waals surface area contributed by atoms with E-state index in [1.165, 1.54) is 12.1 Å². The summed E-state index contributed by atoms with van der Waals surface area (Å²) in [7, 11) is 3.42. The van der Waals surface area contributed by atoms with Crippen LogP contribution < -0.4 is 10.1 Å². The van der Waals surface area contributed by atoms with Gasteiger partial charge in [-0.1, -0.05) is 0 Å². The van der Waals surface area contributed by atoms with Crippen LogP contribution >= 0.6 is 0 Å². The maximum absolute atomic E-state index is 13.2. The highest BCUT2D eigenvalue weighted by molar-refractivity contribution is 5.41. The molecule has 1 saturated heterocycles. The Bertz CT molecular complexity index is 358. The Morgan fingerprint density at radius 2 is 2.20 bits per heavy atom. The first-order chi connectivity index (χ1) is 7.22. The summed E-state index contributed by atoms with van der Waals surface area (Å²) in [6, 6.07) is 4.53. The lowest BCUT2D eigenvalue weighted by Gasteiger charge is -2.42. The van der Waals surface area contributed by atoms with E-state index < -0.39 is 0 Å². The maximum Gasteiger partial charge on any atom is 0.124 e. The number of methoxy groups -OCH3 is 1. The van der Waals surface area contributed by atoms with Crippen molar-refractivity contribution in [2.24, 2.45) is 0 Å². The Balaban J connectivity index is 2.44. The van der Waals surface area contributed by atoms with Gasteiger partial charge in [0.15, 0.2) is 0 Å². The van der Waals surface area contributed by atoms with Gasteiger partial charge in [0.2, 0.25) is 0 Å². The molecular formula is C11H14FNO2. The maximum atomic E-state index is 13.2. The predicted molar refractivity (Wildman–Crippen MR) is 54.5 cm³/mol. The van der Waals surface area contributed by atoms with Gasteiger partial charge in [0.05, 0.1) is 25.9 Å². The third-order valence-electron chi connectivity index (χ3n) is 2.85. The van der Waals surface area contributed by atoms with Gasteiger partial charge < -0.3 is 14.8 Å². The van der Waals surface area contributed by atoms with Crippen molar-refractivity contribution in [1.82, 2.24) is 5.32 Å². The van der Waals surface area contributed by atoms with E-state index in [1.54, 1.807) is 13.2 Å². The normalized spacial score (nSPS) is 18.3. The fourth-order valence-corrected chi connectivity index (χ4v) is 1.79. The van der Waals surface area contributed by atoms with Gasteiger partial charge in [-0.3, -0.25) is 0 Å². The second-order valence-corrected chi connectivity index (χ2v) is 3.67. The number of benzene rings is 1. The molecule has 4 heteroatoms. The van der Waals surface area contributed by atoms with Crippen LogP contribution in [-0.4, -0.2) is 27.4 Å². The summed E-state index contributed by atoms with van der Waals surface area (Å²) in [4.78, 5) is 0. The molecule has 0 spiro atoms. The number of ether oxygens (including phenoxy) is 2. The topological polar surface area (TPSA) is 30.5 Å². The number of halogens is 1. The lowest BCUT2D eigenvalue weighted by atomic mass is 9.87. The molecule has 0 aromatic heterocycles. The van der Waals surface area contributed by atoms with Gasteiger partial charge in [-0.25, -0.2) is 4.39 Å². The highest BCUT2D eigenvalue weighted by atomic mass is 19.1. The molecule has 0 saturated carbocycles. The number of rotatable bonds is 3. The van der Waals surface area contributed by atoms with E-state index in [0.29, 0.717) is 19.0 Å². The zero-order valence-electron chi connectivity index (χ0n) is 8.84. The number of hydrogen-bond donors (Lipinski definition) is 1. The highest BCUT2D eigenvalue weighted by Gasteiger charge is 2.41. The van der Waals surface area contributed by atoms with E-state index in [0.717, 1.165) is 5.56 Å². The van der Waals surface area contributed by atoms with Crippen LogP contribution in [0.3, 0.4) is 0 Å². The zero-order chi connectivity index (χ0) is 10.9. The molecule has 1 aromatic rings. The standard InChI is InChI=1S/C11H14FNO2/c1-13-11(6-15-7-11)9-5-8(12)3-4-10(9)14-2/h3-5,13H,6-7H2,1-2H3. The highest BCUT2D eigenvalue weighted by Crippen LogP contribution is 2.35. The van der Waals surface area contributed by atoms with Gasteiger partial charge in [-0.05, 0) is 25.2 Å². The molecule has 2 rings (SSSR count). The van der Waals surface area contributed by atoms with Crippen LogP contribution in [0.25, 0.3) is 0 Å². The fraction of sp³-hybridized carbons (Fsp3) is 0.455. The van der Waals surface area contributed by atoms with E-state index >= 15 is 0 Å². The molecular weight excluding hydrogens is 197 g/mol. The molecule has 1 fully saturated rings. The SMILES string of the molecule is CNC1(c2cc(F)ccc2OC)COC1. The van der Waals surface area contributed by atoms with Gasteiger partial charge in [0, 0.05) is 5.56 Å². The third-order valence-corrected chi connectivity index (χ3v) is 2.85. The second kappa shape index (κ2) is 3.79. The molecule has 0 atom stereocenters. The summed E-state index contributed by atoms with van der Waals surface area (Å²) in [5, 5.41) is 3.16. The Morgan fingerprint density at radius 1 is 1.47 bits per heavy atom. The second-order valence-electron chi connectivity index (χ2n) is 3.67. The van der Waals surface area contributed by atoms with Gasteiger partial charge in [-0.2, -0.15) is 0 Å².